The summed E-state index contributed by atoms with van der Waals surface area (Å²) in [5.41, 5.74) is 1.28. The van der Waals surface area contributed by atoms with Crippen molar-refractivity contribution in [1.82, 2.24) is 24.7 Å². The van der Waals surface area contributed by atoms with E-state index < -0.39 is 0 Å². The molecule has 1 aliphatic heterocycles. The summed E-state index contributed by atoms with van der Waals surface area (Å²) in [6.07, 6.45) is 8.83. The van der Waals surface area contributed by atoms with Crippen molar-refractivity contribution in [3.05, 3.63) is 54.1 Å². The molecule has 1 atom stereocenters. The summed E-state index contributed by atoms with van der Waals surface area (Å²) in [5.74, 6) is 0.971. The number of nitrogens with zero attached hydrogens (tertiary/aromatic N) is 4. The number of amides is 2. The van der Waals surface area contributed by atoms with Gasteiger partial charge in [0.1, 0.15) is 5.82 Å². The molecule has 2 amide bonds. The van der Waals surface area contributed by atoms with E-state index in [1.165, 1.54) is 31.2 Å². The van der Waals surface area contributed by atoms with Crippen molar-refractivity contribution in [1.29, 1.82) is 0 Å². The predicted octanol–water partition coefficient (Wildman–Crippen LogP) is 3.45. The molecule has 0 spiro atoms. The molecule has 152 valence electrons. The standard InChI is InChI=1S/C22H33N5O/c1-19-23-12-15-26(19)17-16-25(2)22(28)24-18-21(20-10-6-5-7-11-20)27-13-8-3-4-9-14-27/h5-7,10-12,15,21H,3-4,8-9,13-14,16-18H2,1-2H3,(H,24,28). The zero-order valence-corrected chi connectivity index (χ0v) is 17.2. The number of likely N-dealkylation sites (tertiary alicyclic amines) is 1. The minimum atomic E-state index is -0.0199. The minimum absolute atomic E-state index is 0.0199. The molecule has 0 aliphatic carbocycles. The summed E-state index contributed by atoms with van der Waals surface area (Å²) < 4.78 is 2.06. The van der Waals surface area contributed by atoms with E-state index in [-0.39, 0.29) is 12.1 Å². The molecule has 0 saturated carbocycles. The molecule has 2 aromatic rings. The smallest absolute Gasteiger partial charge is 0.317 e. The van der Waals surface area contributed by atoms with E-state index in [2.05, 4.69) is 44.0 Å². The predicted molar refractivity (Wildman–Crippen MR) is 112 cm³/mol. The number of hydrogen-bond acceptors (Lipinski definition) is 3. The first kappa shape index (κ1) is 20.4. The zero-order valence-electron chi connectivity index (χ0n) is 17.2. The largest absolute Gasteiger partial charge is 0.336 e. The van der Waals surface area contributed by atoms with E-state index in [0.29, 0.717) is 13.1 Å². The normalized spacial score (nSPS) is 16.4. The molecule has 1 fully saturated rings. The van der Waals surface area contributed by atoms with E-state index in [9.17, 15) is 4.79 Å². The molecule has 1 unspecified atom stereocenters. The van der Waals surface area contributed by atoms with Gasteiger partial charge in [-0.2, -0.15) is 0 Å². The Morgan fingerprint density at radius 1 is 1.18 bits per heavy atom. The van der Waals surface area contributed by atoms with E-state index in [1.807, 2.05) is 26.2 Å². The fourth-order valence-corrected chi connectivity index (χ4v) is 3.86. The van der Waals surface area contributed by atoms with Crippen LogP contribution in [0.5, 0.6) is 0 Å². The van der Waals surface area contributed by atoms with Crippen molar-refractivity contribution in [2.24, 2.45) is 0 Å². The molecule has 2 heterocycles. The van der Waals surface area contributed by atoms with Crippen LogP contribution in [-0.2, 0) is 6.54 Å². The van der Waals surface area contributed by atoms with Crippen LogP contribution in [0.25, 0.3) is 0 Å². The number of benzene rings is 1. The summed E-state index contributed by atoms with van der Waals surface area (Å²) in [7, 11) is 1.85. The van der Waals surface area contributed by atoms with Gasteiger partial charge in [-0.05, 0) is 38.4 Å². The van der Waals surface area contributed by atoms with Gasteiger partial charge in [-0.25, -0.2) is 9.78 Å². The highest BCUT2D eigenvalue weighted by Gasteiger charge is 2.22. The quantitative estimate of drug-likeness (QED) is 0.797. The van der Waals surface area contributed by atoms with E-state index >= 15 is 0 Å². The van der Waals surface area contributed by atoms with Gasteiger partial charge in [0, 0.05) is 39.1 Å². The summed E-state index contributed by atoms with van der Waals surface area (Å²) in [6.45, 7) is 6.23. The number of rotatable bonds is 7. The van der Waals surface area contributed by atoms with Crippen molar-refractivity contribution in [2.45, 2.75) is 45.2 Å². The van der Waals surface area contributed by atoms with Crippen molar-refractivity contribution in [3.8, 4) is 0 Å². The molecule has 0 bridgehead atoms. The lowest BCUT2D eigenvalue weighted by molar-refractivity contribution is 0.183. The maximum atomic E-state index is 12.6. The molecule has 1 saturated heterocycles. The van der Waals surface area contributed by atoms with Gasteiger partial charge in [0.2, 0.25) is 0 Å². The van der Waals surface area contributed by atoms with Crippen molar-refractivity contribution in [3.63, 3.8) is 0 Å². The molecule has 1 aliphatic rings. The van der Waals surface area contributed by atoms with E-state index in [0.717, 1.165) is 25.5 Å². The Labute approximate surface area is 168 Å². The molecule has 6 heteroatoms. The number of hydrogen-bond donors (Lipinski definition) is 1. The van der Waals surface area contributed by atoms with Gasteiger partial charge in [0.15, 0.2) is 0 Å². The third kappa shape index (κ3) is 5.58. The number of aromatic nitrogens is 2. The van der Waals surface area contributed by atoms with Gasteiger partial charge in [-0.15, -0.1) is 0 Å². The second kappa shape index (κ2) is 10.3. The maximum absolute atomic E-state index is 12.6. The number of likely N-dealkylation sites (N-methyl/N-ethyl adjacent to an activating group) is 1. The zero-order chi connectivity index (χ0) is 19.8. The Morgan fingerprint density at radius 2 is 1.89 bits per heavy atom. The summed E-state index contributed by atoms with van der Waals surface area (Å²) in [5, 5.41) is 3.16. The van der Waals surface area contributed by atoms with Crippen molar-refractivity contribution < 1.29 is 4.79 Å². The first-order valence-corrected chi connectivity index (χ1v) is 10.4. The average Bonchev–Trinajstić information content (AvgIpc) is 2.95. The van der Waals surface area contributed by atoms with Crippen LogP contribution >= 0.6 is 0 Å². The van der Waals surface area contributed by atoms with Crippen LogP contribution in [0.4, 0.5) is 4.79 Å². The molecule has 1 aromatic carbocycles. The molecule has 1 aromatic heterocycles. The lowest BCUT2D eigenvalue weighted by atomic mass is 10.0. The first-order chi connectivity index (χ1) is 13.6. The van der Waals surface area contributed by atoms with Crippen LogP contribution in [-0.4, -0.2) is 58.6 Å². The number of carbonyl (C=O) groups excluding carboxylic acids is 1. The summed E-state index contributed by atoms with van der Waals surface area (Å²) in [6, 6.07) is 10.8. The molecular formula is C22H33N5O. The van der Waals surface area contributed by atoms with Crippen LogP contribution in [0.15, 0.2) is 42.7 Å². The fourth-order valence-electron chi connectivity index (χ4n) is 3.86. The van der Waals surface area contributed by atoms with Gasteiger partial charge in [0.25, 0.3) is 0 Å². The molecular weight excluding hydrogens is 350 g/mol. The Kier molecular flexibility index (Phi) is 7.48. The van der Waals surface area contributed by atoms with Crippen LogP contribution in [0.3, 0.4) is 0 Å². The van der Waals surface area contributed by atoms with Crippen LogP contribution in [0.2, 0.25) is 0 Å². The topological polar surface area (TPSA) is 53.4 Å². The highest BCUT2D eigenvalue weighted by Crippen LogP contribution is 2.23. The number of nitrogens with one attached hydrogen (secondary N) is 1. The summed E-state index contributed by atoms with van der Waals surface area (Å²) >= 11 is 0. The Morgan fingerprint density at radius 3 is 2.54 bits per heavy atom. The van der Waals surface area contributed by atoms with E-state index in [4.69, 9.17) is 0 Å². The van der Waals surface area contributed by atoms with E-state index in [1.54, 1.807) is 11.1 Å². The van der Waals surface area contributed by atoms with Gasteiger partial charge in [-0.1, -0.05) is 43.2 Å². The lowest BCUT2D eigenvalue weighted by Crippen LogP contribution is -2.44. The highest BCUT2D eigenvalue weighted by atomic mass is 16.2. The Balaban J connectivity index is 1.57. The average molecular weight is 384 g/mol. The van der Waals surface area contributed by atoms with Gasteiger partial charge >= 0.3 is 6.03 Å². The molecule has 0 radical (unpaired) electrons. The highest BCUT2D eigenvalue weighted by molar-refractivity contribution is 5.73. The van der Waals surface area contributed by atoms with Crippen LogP contribution < -0.4 is 5.32 Å². The molecule has 1 N–H and O–H groups in total. The fraction of sp³-hybridized carbons (Fsp3) is 0.545. The Hall–Kier alpha value is -2.34. The van der Waals surface area contributed by atoms with Crippen LogP contribution in [0.1, 0.15) is 43.1 Å². The third-order valence-corrected chi connectivity index (χ3v) is 5.66. The minimum Gasteiger partial charge on any atom is -0.336 e. The van der Waals surface area contributed by atoms with Gasteiger partial charge in [-0.3, -0.25) is 4.90 Å². The monoisotopic (exact) mass is 383 g/mol. The second-order valence-electron chi connectivity index (χ2n) is 7.65. The number of aryl methyl sites for hydroxylation is 1. The summed E-state index contributed by atoms with van der Waals surface area (Å²) in [4.78, 5) is 21.2. The molecule has 3 rings (SSSR count). The number of carbonyl (C=O) groups is 1. The van der Waals surface area contributed by atoms with Crippen LogP contribution in [0, 0.1) is 6.92 Å². The van der Waals surface area contributed by atoms with Crippen molar-refractivity contribution in [2.75, 3.05) is 33.2 Å². The van der Waals surface area contributed by atoms with Crippen molar-refractivity contribution >= 4 is 6.03 Å². The first-order valence-electron chi connectivity index (χ1n) is 10.4. The SMILES string of the molecule is Cc1nccn1CCN(C)C(=O)NCC(c1ccccc1)N1CCCCCC1. The molecule has 28 heavy (non-hydrogen) atoms. The number of urea groups is 1. The van der Waals surface area contributed by atoms with Gasteiger partial charge < -0.3 is 14.8 Å². The van der Waals surface area contributed by atoms with Gasteiger partial charge in [0.05, 0.1) is 6.04 Å². The third-order valence-electron chi connectivity index (χ3n) is 5.66. The second-order valence-corrected chi connectivity index (χ2v) is 7.65. The lowest BCUT2D eigenvalue weighted by Gasteiger charge is -2.32. The Bertz CT molecular complexity index is 722. The number of imidazole rings is 1. The molecule has 6 nitrogen and oxygen atoms in total. The maximum Gasteiger partial charge on any atom is 0.317 e.